The van der Waals surface area contributed by atoms with Gasteiger partial charge in [0.15, 0.2) is 0 Å². The number of aryl methyl sites for hydroxylation is 1. The van der Waals surface area contributed by atoms with E-state index in [1.165, 1.54) is 11.9 Å². The molecule has 3 rings (SSSR count). The van der Waals surface area contributed by atoms with Gasteiger partial charge in [0.25, 0.3) is 5.91 Å². The standard InChI is InChI=1S/C24H27N3O4S2/c1-25-33(30,31)17-19-12-10-18(11-13-19)16-26-24(29)20-5-2-6-21(15-20)27-23(28)9-3-7-22-8-4-14-32-22/h2,4-6,8,10-15,25H,3,7,9,16-17H2,1H3,(H,26,29)(H,27,28). The van der Waals surface area contributed by atoms with Crippen LogP contribution < -0.4 is 15.4 Å². The van der Waals surface area contributed by atoms with E-state index in [0.717, 1.165) is 18.4 Å². The van der Waals surface area contributed by atoms with Gasteiger partial charge in [-0.25, -0.2) is 13.1 Å². The van der Waals surface area contributed by atoms with Gasteiger partial charge in [-0.15, -0.1) is 11.3 Å². The number of hydrogen-bond donors (Lipinski definition) is 3. The van der Waals surface area contributed by atoms with Crippen LogP contribution >= 0.6 is 11.3 Å². The first-order valence-corrected chi connectivity index (χ1v) is 13.1. The van der Waals surface area contributed by atoms with E-state index in [1.807, 2.05) is 11.4 Å². The lowest BCUT2D eigenvalue weighted by Gasteiger charge is -2.09. The van der Waals surface area contributed by atoms with Gasteiger partial charge in [-0.05, 0) is 60.7 Å². The number of sulfonamides is 1. The summed E-state index contributed by atoms with van der Waals surface area (Å²) in [6, 6.07) is 17.9. The Morgan fingerprint density at radius 2 is 1.73 bits per heavy atom. The second kappa shape index (κ2) is 11.7. The number of amides is 2. The summed E-state index contributed by atoms with van der Waals surface area (Å²) in [5.74, 6) is -0.432. The Kier molecular flexibility index (Phi) is 8.76. The Labute approximate surface area is 198 Å². The highest BCUT2D eigenvalue weighted by Gasteiger charge is 2.10. The molecule has 0 saturated carbocycles. The van der Waals surface area contributed by atoms with Crippen LogP contribution in [0.15, 0.2) is 66.0 Å². The molecule has 0 atom stereocenters. The second-order valence-electron chi connectivity index (χ2n) is 7.52. The fourth-order valence-electron chi connectivity index (χ4n) is 3.17. The molecule has 1 heterocycles. The van der Waals surface area contributed by atoms with E-state index < -0.39 is 10.0 Å². The van der Waals surface area contributed by atoms with Gasteiger partial charge in [0.05, 0.1) is 5.75 Å². The quantitative estimate of drug-likeness (QED) is 0.385. The third kappa shape index (κ3) is 8.12. The van der Waals surface area contributed by atoms with Crippen LogP contribution in [0.5, 0.6) is 0 Å². The Balaban J connectivity index is 1.48. The van der Waals surface area contributed by atoms with E-state index in [9.17, 15) is 18.0 Å². The van der Waals surface area contributed by atoms with Gasteiger partial charge in [-0.1, -0.05) is 36.4 Å². The highest BCUT2D eigenvalue weighted by atomic mass is 32.2. The maximum absolute atomic E-state index is 12.5. The van der Waals surface area contributed by atoms with Crippen molar-refractivity contribution in [1.29, 1.82) is 0 Å². The molecule has 7 nitrogen and oxygen atoms in total. The molecule has 0 saturated heterocycles. The van der Waals surface area contributed by atoms with Crippen molar-refractivity contribution < 1.29 is 18.0 Å². The summed E-state index contributed by atoms with van der Waals surface area (Å²) >= 11 is 1.69. The van der Waals surface area contributed by atoms with Crippen molar-refractivity contribution in [2.75, 3.05) is 12.4 Å². The third-order valence-electron chi connectivity index (χ3n) is 4.96. The first kappa shape index (κ1) is 24.6. The summed E-state index contributed by atoms with van der Waals surface area (Å²) in [4.78, 5) is 26.0. The van der Waals surface area contributed by atoms with Crippen molar-refractivity contribution in [2.45, 2.75) is 31.6 Å². The predicted molar refractivity (Wildman–Crippen MR) is 132 cm³/mol. The lowest BCUT2D eigenvalue weighted by atomic mass is 10.1. The third-order valence-corrected chi connectivity index (χ3v) is 7.23. The highest BCUT2D eigenvalue weighted by molar-refractivity contribution is 7.88. The number of thiophene rings is 1. The molecule has 0 unspecified atom stereocenters. The Hall–Kier alpha value is -3.01. The molecule has 33 heavy (non-hydrogen) atoms. The van der Waals surface area contributed by atoms with E-state index in [0.29, 0.717) is 29.8 Å². The molecule has 0 radical (unpaired) electrons. The van der Waals surface area contributed by atoms with Gasteiger partial charge in [0, 0.05) is 29.1 Å². The van der Waals surface area contributed by atoms with E-state index in [2.05, 4.69) is 21.4 Å². The normalized spacial score (nSPS) is 11.2. The number of hydrogen-bond acceptors (Lipinski definition) is 5. The van der Waals surface area contributed by atoms with E-state index in [-0.39, 0.29) is 17.6 Å². The Bertz CT molecular complexity index is 1170. The summed E-state index contributed by atoms with van der Waals surface area (Å²) < 4.78 is 25.5. The minimum absolute atomic E-state index is 0.0792. The van der Waals surface area contributed by atoms with Crippen molar-refractivity contribution in [3.05, 3.63) is 87.6 Å². The molecule has 3 N–H and O–H groups in total. The zero-order valence-corrected chi connectivity index (χ0v) is 20.0. The summed E-state index contributed by atoms with van der Waals surface area (Å²) in [7, 11) is -1.94. The number of rotatable bonds is 11. The molecule has 3 aromatic rings. The first-order valence-electron chi connectivity index (χ1n) is 10.5. The van der Waals surface area contributed by atoms with E-state index >= 15 is 0 Å². The zero-order chi connectivity index (χ0) is 23.7. The van der Waals surface area contributed by atoms with Crippen LogP contribution in [0.25, 0.3) is 0 Å². The van der Waals surface area contributed by atoms with Crippen molar-refractivity contribution in [2.24, 2.45) is 0 Å². The van der Waals surface area contributed by atoms with Crippen LogP contribution in [-0.4, -0.2) is 27.3 Å². The van der Waals surface area contributed by atoms with Gasteiger partial charge in [-0.3, -0.25) is 9.59 Å². The Morgan fingerprint density at radius 3 is 2.42 bits per heavy atom. The molecule has 0 fully saturated rings. The van der Waals surface area contributed by atoms with Gasteiger partial charge < -0.3 is 10.6 Å². The average Bonchev–Trinajstić information content (AvgIpc) is 3.32. The smallest absolute Gasteiger partial charge is 0.251 e. The van der Waals surface area contributed by atoms with Crippen molar-refractivity contribution in [3.63, 3.8) is 0 Å². The lowest BCUT2D eigenvalue weighted by molar-refractivity contribution is -0.116. The SMILES string of the molecule is CNS(=O)(=O)Cc1ccc(CNC(=O)c2cccc(NC(=O)CCCc3cccs3)c2)cc1. The predicted octanol–water partition coefficient (Wildman–Crippen LogP) is 3.69. The molecule has 2 aromatic carbocycles. The summed E-state index contributed by atoms with van der Waals surface area (Å²) in [6.45, 7) is 0.303. The molecule has 0 aliphatic heterocycles. The minimum Gasteiger partial charge on any atom is -0.348 e. The lowest BCUT2D eigenvalue weighted by Crippen LogP contribution is -2.23. The Morgan fingerprint density at radius 1 is 0.970 bits per heavy atom. The first-order chi connectivity index (χ1) is 15.8. The molecular formula is C24H27N3O4S2. The minimum atomic E-state index is -3.32. The van der Waals surface area contributed by atoms with Crippen LogP contribution in [0.1, 0.15) is 39.2 Å². The molecule has 2 amide bonds. The number of benzene rings is 2. The summed E-state index contributed by atoms with van der Waals surface area (Å²) in [5, 5.41) is 7.72. The van der Waals surface area contributed by atoms with E-state index in [4.69, 9.17) is 0 Å². The van der Waals surface area contributed by atoms with Gasteiger partial charge in [0.2, 0.25) is 15.9 Å². The molecule has 0 bridgehead atoms. The van der Waals surface area contributed by atoms with Gasteiger partial charge in [-0.2, -0.15) is 0 Å². The fourth-order valence-corrected chi connectivity index (χ4v) is 4.70. The van der Waals surface area contributed by atoms with Crippen molar-refractivity contribution >= 4 is 38.9 Å². The summed E-state index contributed by atoms with van der Waals surface area (Å²) in [5.41, 5.74) is 2.55. The van der Waals surface area contributed by atoms with Crippen molar-refractivity contribution in [3.8, 4) is 0 Å². The second-order valence-corrected chi connectivity index (χ2v) is 10.5. The topological polar surface area (TPSA) is 104 Å². The molecule has 0 spiro atoms. The summed E-state index contributed by atoms with van der Waals surface area (Å²) in [6.07, 6.45) is 2.06. The average molecular weight is 486 g/mol. The van der Waals surface area contributed by atoms with Crippen LogP contribution in [0.2, 0.25) is 0 Å². The van der Waals surface area contributed by atoms with Crippen LogP contribution in [0.4, 0.5) is 5.69 Å². The van der Waals surface area contributed by atoms with Crippen LogP contribution in [0.3, 0.4) is 0 Å². The maximum atomic E-state index is 12.5. The highest BCUT2D eigenvalue weighted by Crippen LogP contribution is 2.15. The zero-order valence-electron chi connectivity index (χ0n) is 18.3. The van der Waals surface area contributed by atoms with Gasteiger partial charge in [0.1, 0.15) is 0 Å². The number of nitrogens with one attached hydrogen (secondary N) is 3. The fraction of sp³-hybridized carbons (Fsp3) is 0.250. The monoisotopic (exact) mass is 485 g/mol. The van der Waals surface area contributed by atoms with Crippen molar-refractivity contribution in [1.82, 2.24) is 10.0 Å². The number of carbonyl (C=O) groups excluding carboxylic acids is 2. The molecule has 0 aliphatic carbocycles. The molecular weight excluding hydrogens is 458 g/mol. The molecule has 174 valence electrons. The van der Waals surface area contributed by atoms with E-state index in [1.54, 1.807) is 59.9 Å². The van der Waals surface area contributed by atoms with Gasteiger partial charge >= 0.3 is 0 Å². The molecule has 0 aliphatic rings. The van der Waals surface area contributed by atoms with Crippen LogP contribution in [-0.2, 0) is 33.5 Å². The van der Waals surface area contributed by atoms with Crippen LogP contribution in [0, 0.1) is 0 Å². The maximum Gasteiger partial charge on any atom is 0.251 e. The molecule has 1 aromatic heterocycles. The number of anilines is 1. The molecule has 9 heteroatoms. The largest absolute Gasteiger partial charge is 0.348 e. The number of carbonyl (C=O) groups is 2.